The zero-order chi connectivity index (χ0) is 21.2. The van der Waals surface area contributed by atoms with Crippen LogP contribution >= 0.6 is 0 Å². The molecule has 30 heavy (non-hydrogen) atoms. The second-order valence-electron chi connectivity index (χ2n) is 6.66. The molecule has 0 atom stereocenters. The number of benzene rings is 2. The van der Waals surface area contributed by atoms with Gasteiger partial charge in [-0.05, 0) is 46.4 Å². The van der Waals surface area contributed by atoms with Gasteiger partial charge in [0.2, 0.25) is 5.91 Å². The van der Waals surface area contributed by atoms with Crippen molar-refractivity contribution in [2.75, 3.05) is 6.61 Å². The second-order valence-corrected chi connectivity index (χ2v) is 6.66. The molecule has 7 heteroatoms. The average molecular weight is 402 g/mol. The zero-order valence-corrected chi connectivity index (χ0v) is 16.4. The Morgan fingerprint density at radius 1 is 1.07 bits per heavy atom. The number of nitrogens with zero attached hydrogens (tertiary/aromatic N) is 1. The Morgan fingerprint density at radius 2 is 1.87 bits per heavy atom. The van der Waals surface area contributed by atoms with Crippen molar-refractivity contribution < 1.29 is 19.6 Å². The molecule has 0 saturated carbocycles. The van der Waals surface area contributed by atoms with E-state index >= 15 is 0 Å². The van der Waals surface area contributed by atoms with Crippen molar-refractivity contribution in [1.29, 1.82) is 0 Å². The van der Waals surface area contributed by atoms with Crippen molar-refractivity contribution in [3.8, 4) is 5.75 Å². The highest BCUT2D eigenvalue weighted by Gasteiger charge is 2.15. The number of carbonyl (C=O) groups is 1. The first-order valence-electron chi connectivity index (χ1n) is 9.63. The van der Waals surface area contributed by atoms with Gasteiger partial charge in [-0.25, -0.2) is 0 Å². The van der Waals surface area contributed by atoms with Gasteiger partial charge >= 0.3 is 7.12 Å². The van der Waals surface area contributed by atoms with Crippen molar-refractivity contribution in [1.82, 2.24) is 10.3 Å². The molecule has 6 nitrogen and oxygen atoms in total. The van der Waals surface area contributed by atoms with E-state index in [1.165, 1.54) is 17.7 Å². The maximum atomic E-state index is 12.1. The van der Waals surface area contributed by atoms with E-state index in [2.05, 4.69) is 10.3 Å². The number of carbonyl (C=O) groups excluding carboxylic acids is 1. The van der Waals surface area contributed by atoms with Crippen LogP contribution in [-0.4, -0.2) is 34.7 Å². The topological polar surface area (TPSA) is 91.7 Å². The molecule has 0 aliphatic heterocycles. The quantitative estimate of drug-likeness (QED) is 0.375. The monoisotopic (exact) mass is 402 g/mol. The van der Waals surface area contributed by atoms with Crippen LogP contribution in [0.2, 0.25) is 0 Å². The van der Waals surface area contributed by atoms with Crippen LogP contribution < -0.4 is 15.5 Å². The van der Waals surface area contributed by atoms with Crippen LogP contribution in [0.1, 0.15) is 16.7 Å². The van der Waals surface area contributed by atoms with Crippen LogP contribution in [0.3, 0.4) is 0 Å². The summed E-state index contributed by atoms with van der Waals surface area (Å²) in [6, 6.07) is 18.6. The number of hydrogen-bond acceptors (Lipinski definition) is 5. The molecule has 0 unspecified atom stereocenters. The first kappa shape index (κ1) is 21.3. The minimum Gasteiger partial charge on any atom is -0.493 e. The van der Waals surface area contributed by atoms with Crippen LogP contribution in [-0.2, 0) is 17.8 Å². The van der Waals surface area contributed by atoms with E-state index in [0.29, 0.717) is 29.9 Å². The SMILES string of the molecule is O=C(C=Cc1cc(OCCc2ccccc2)ccc1B(O)O)NCc1cccnc1. The van der Waals surface area contributed by atoms with Gasteiger partial charge in [-0.2, -0.15) is 0 Å². The normalized spacial score (nSPS) is 10.7. The van der Waals surface area contributed by atoms with Gasteiger partial charge in [-0.15, -0.1) is 0 Å². The molecule has 1 aromatic heterocycles. The second kappa shape index (κ2) is 10.9. The van der Waals surface area contributed by atoms with Crippen LogP contribution in [0.25, 0.3) is 6.08 Å². The minimum absolute atomic E-state index is 0.293. The lowest BCUT2D eigenvalue weighted by Gasteiger charge is -2.10. The maximum Gasteiger partial charge on any atom is 0.489 e. The standard InChI is InChI=1S/C23H23BN2O4/c27-23(26-17-19-7-4-13-25-16-19)11-8-20-15-21(9-10-22(20)24(28)29)30-14-12-18-5-2-1-3-6-18/h1-11,13,15-16,28-29H,12,14,17H2,(H,26,27). The van der Waals surface area contributed by atoms with Crippen molar-refractivity contribution >= 4 is 24.6 Å². The molecule has 0 radical (unpaired) electrons. The van der Waals surface area contributed by atoms with E-state index in [9.17, 15) is 14.8 Å². The van der Waals surface area contributed by atoms with E-state index in [0.717, 1.165) is 12.0 Å². The van der Waals surface area contributed by atoms with E-state index in [4.69, 9.17) is 4.74 Å². The average Bonchev–Trinajstić information content (AvgIpc) is 2.77. The summed E-state index contributed by atoms with van der Waals surface area (Å²) < 4.78 is 5.79. The lowest BCUT2D eigenvalue weighted by Crippen LogP contribution is -2.32. The lowest BCUT2D eigenvalue weighted by atomic mass is 9.77. The van der Waals surface area contributed by atoms with Crippen molar-refractivity contribution in [3.63, 3.8) is 0 Å². The zero-order valence-electron chi connectivity index (χ0n) is 16.4. The third-order valence-corrected chi connectivity index (χ3v) is 4.44. The minimum atomic E-state index is -1.65. The van der Waals surface area contributed by atoms with Gasteiger partial charge in [-0.1, -0.05) is 42.5 Å². The Hall–Kier alpha value is -3.42. The number of aromatic nitrogens is 1. The van der Waals surface area contributed by atoms with E-state index < -0.39 is 7.12 Å². The largest absolute Gasteiger partial charge is 0.493 e. The molecule has 2 aromatic carbocycles. The summed E-state index contributed by atoms with van der Waals surface area (Å²) in [5, 5.41) is 22.0. The maximum absolute atomic E-state index is 12.1. The molecule has 0 aliphatic carbocycles. The van der Waals surface area contributed by atoms with Crippen molar-refractivity contribution in [2.45, 2.75) is 13.0 Å². The molecule has 3 rings (SSSR count). The number of rotatable bonds is 9. The highest BCUT2D eigenvalue weighted by molar-refractivity contribution is 6.59. The Kier molecular flexibility index (Phi) is 7.77. The molecule has 0 fully saturated rings. The summed E-state index contributed by atoms with van der Waals surface area (Å²) in [4.78, 5) is 16.1. The first-order valence-corrected chi connectivity index (χ1v) is 9.63. The number of nitrogens with one attached hydrogen (secondary N) is 1. The smallest absolute Gasteiger partial charge is 0.489 e. The fourth-order valence-corrected chi connectivity index (χ4v) is 2.87. The molecule has 0 bridgehead atoms. The summed E-state index contributed by atoms with van der Waals surface area (Å²) >= 11 is 0. The predicted octanol–water partition coefficient (Wildman–Crippen LogP) is 1.71. The molecular formula is C23H23BN2O4. The van der Waals surface area contributed by atoms with Gasteiger partial charge in [0.1, 0.15) is 5.75 Å². The summed E-state index contributed by atoms with van der Waals surface area (Å²) in [6.07, 6.45) is 7.00. The van der Waals surface area contributed by atoms with Gasteiger partial charge in [0.25, 0.3) is 0 Å². The van der Waals surface area contributed by atoms with E-state index in [1.54, 1.807) is 36.7 Å². The molecule has 1 heterocycles. The highest BCUT2D eigenvalue weighted by Crippen LogP contribution is 2.14. The van der Waals surface area contributed by atoms with Crippen LogP contribution in [0.15, 0.2) is 79.1 Å². The van der Waals surface area contributed by atoms with Crippen LogP contribution in [0.5, 0.6) is 5.75 Å². The van der Waals surface area contributed by atoms with Crippen LogP contribution in [0.4, 0.5) is 0 Å². The Balaban J connectivity index is 1.62. The Morgan fingerprint density at radius 3 is 2.60 bits per heavy atom. The fourth-order valence-electron chi connectivity index (χ4n) is 2.87. The highest BCUT2D eigenvalue weighted by atomic mass is 16.5. The van der Waals surface area contributed by atoms with Crippen LogP contribution in [0, 0.1) is 0 Å². The van der Waals surface area contributed by atoms with Gasteiger partial charge in [0.05, 0.1) is 6.61 Å². The Labute approximate surface area is 176 Å². The number of ether oxygens (including phenoxy) is 1. The molecule has 3 aromatic rings. The summed E-state index contributed by atoms with van der Waals surface area (Å²) in [5.41, 5.74) is 2.85. The first-order chi connectivity index (χ1) is 14.6. The third-order valence-electron chi connectivity index (χ3n) is 4.44. The molecule has 0 saturated heterocycles. The number of pyridine rings is 1. The summed E-state index contributed by atoms with van der Waals surface area (Å²) in [5.74, 6) is 0.290. The molecule has 0 spiro atoms. The van der Waals surface area contributed by atoms with Crippen molar-refractivity contribution in [3.05, 3.63) is 95.8 Å². The van der Waals surface area contributed by atoms with E-state index in [1.807, 2.05) is 36.4 Å². The fraction of sp³-hybridized carbons (Fsp3) is 0.130. The van der Waals surface area contributed by atoms with E-state index in [-0.39, 0.29) is 5.91 Å². The third kappa shape index (κ3) is 6.58. The molecular weight excluding hydrogens is 379 g/mol. The van der Waals surface area contributed by atoms with Gasteiger partial charge < -0.3 is 20.1 Å². The molecule has 1 amide bonds. The van der Waals surface area contributed by atoms with Gasteiger partial charge in [-0.3, -0.25) is 9.78 Å². The molecule has 3 N–H and O–H groups in total. The summed E-state index contributed by atoms with van der Waals surface area (Å²) in [6.45, 7) is 0.842. The number of amides is 1. The number of hydrogen-bond donors (Lipinski definition) is 3. The summed E-state index contributed by atoms with van der Waals surface area (Å²) in [7, 11) is -1.65. The lowest BCUT2D eigenvalue weighted by molar-refractivity contribution is -0.116. The van der Waals surface area contributed by atoms with Gasteiger partial charge in [0.15, 0.2) is 0 Å². The molecule has 0 aliphatic rings. The van der Waals surface area contributed by atoms with Crippen molar-refractivity contribution in [2.24, 2.45) is 0 Å². The Bertz CT molecular complexity index is 979. The molecule has 152 valence electrons. The predicted molar refractivity (Wildman–Crippen MR) is 117 cm³/mol. The van der Waals surface area contributed by atoms with Gasteiger partial charge in [0, 0.05) is 31.4 Å².